The molecular formula is C22H27ClN2O5S2. The first-order valence-corrected chi connectivity index (χ1v) is 13.3. The molecule has 32 heavy (non-hydrogen) atoms. The van der Waals surface area contributed by atoms with Gasteiger partial charge < -0.3 is 10.1 Å². The third-order valence-corrected chi connectivity index (χ3v) is 8.51. The van der Waals surface area contributed by atoms with E-state index in [2.05, 4.69) is 17.1 Å². The van der Waals surface area contributed by atoms with Gasteiger partial charge in [-0.05, 0) is 55.6 Å². The number of sulfone groups is 1. The van der Waals surface area contributed by atoms with Crippen LogP contribution < -0.4 is 5.32 Å². The molecule has 0 saturated heterocycles. The molecule has 0 radical (unpaired) electrons. The second-order valence-corrected chi connectivity index (χ2v) is 11.3. The van der Waals surface area contributed by atoms with Crippen LogP contribution in [0.3, 0.4) is 0 Å². The van der Waals surface area contributed by atoms with Crippen LogP contribution in [0.2, 0.25) is 5.02 Å². The number of rotatable bonds is 9. The van der Waals surface area contributed by atoms with Gasteiger partial charge in [-0.1, -0.05) is 18.5 Å². The van der Waals surface area contributed by atoms with E-state index in [-0.39, 0.29) is 29.4 Å². The van der Waals surface area contributed by atoms with Crippen LogP contribution in [0.5, 0.6) is 0 Å². The fourth-order valence-corrected chi connectivity index (χ4v) is 6.47. The Bertz CT molecular complexity index is 1080. The summed E-state index contributed by atoms with van der Waals surface area (Å²) in [5.74, 6) is -0.948. The van der Waals surface area contributed by atoms with Gasteiger partial charge in [0.05, 0.1) is 23.3 Å². The Balaban J connectivity index is 1.65. The van der Waals surface area contributed by atoms with Gasteiger partial charge in [0.25, 0.3) is 0 Å². The summed E-state index contributed by atoms with van der Waals surface area (Å²) in [6.45, 7) is 4.71. The summed E-state index contributed by atoms with van der Waals surface area (Å²) in [6, 6.07) is 5.96. The van der Waals surface area contributed by atoms with Crippen molar-refractivity contribution in [3.8, 4) is 0 Å². The third-order valence-electron chi connectivity index (χ3n) is 5.31. The summed E-state index contributed by atoms with van der Waals surface area (Å²) < 4.78 is 29.8. The highest BCUT2D eigenvalue weighted by Crippen LogP contribution is 2.37. The Morgan fingerprint density at radius 2 is 1.97 bits per heavy atom. The van der Waals surface area contributed by atoms with E-state index >= 15 is 0 Å². The van der Waals surface area contributed by atoms with E-state index in [0.29, 0.717) is 15.6 Å². The number of amides is 1. The van der Waals surface area contributed by atoms with Crippen LogP contribution in [-0.2, 0) is 32.3 Å². The Hall–Kier alpha value is -1.94. The van der Waals surface area contributed by atoms with Crippen molar-refractivity contribution < 1.29 is 22.7 Å². The fourth-order valence-electron chi connectivity index (χ4n) is 3.74. The first-order valence-electron chi connectivity index (χ1n) is 10.5. The van der Waals surface area contributed by atoms with Crippen molar-refractivity contribution in [2.75, 3.05) is 31.3 Å². The molecule has 1 aliphatic rings. The average Bonchev–Trinajstić information content (AvgIpc) is 3.10. The number of hydrogen-bond acceptors (Lipinski definition) is 7. The molecule has 1 aromatic heterocycles. The van der Waals surface area contributed by atoms with Crippen LogP contribution >= 0.6 is 22.9 Å². The molecule has 0 saturated carbocycles. The molecule has 1 aliphatic heterocycles. The highest BCUT2D eigenvalue weighted by molar-refractivity contribution is 7.91. The smallest absolute Gasteiger partial charge is 0.341 e. The first-order chi connectivity index (χ1) is 15.2. The molecule has 174 valence electrons. The number of anilines is 1. The van der Waals surface area contributed by atoms with Crippen LogP contribution in [0.15, 0.2) is 29.2 Å². The molecule has 0 atom stereocenters. The van der Waals surface area contributed by atoms with Crippen molar-refractivity contribution in [1.82, 2.24) is 4.90 Å². The second kappa shape index (κ2) is 10.8. The standard InChI is InChI=1S/C22H27ClN2O5S2/c1-3-11-25-12-10-17-18(14-25)31-21(20(17)22(27)30-2)24-19(26)5-4-13-32(28,29)16-8-6-15(23)7-9-16/h6-9H,3-5,10-14H2,1-2H3,(H,24,26). The van der Waals surface area contributed by atoms with Crippen LogP contribution in [0.25, 0.3) is 0 Å². The van der Waals surface area contributed by atoms with E-state index in [1.165, 1.54) is 42.7 Å². The molecule has 0 spiro atoms. The number of esters is 1. The van der Waals surface area contributed by atoms with Gasteiger partial charge in [-0.25, -0.2) is 13.2 Å². The van der Waals surface area contributed by atoms with Crippen molar-refractivity contribution in [1.29, 1.82) is 0 Å². The van der Waals surface area contributed by atoms with Gasteiger partial charge in [0.2, 0.25) is 5.91 Å². The lowest BCUT2D eigenvalue weighted by Gasteiger charge is -2.26. The monoisotopic (exact) mass is 498 g/mol. The lowest BCUT2D eigenvalue weighted by Crippen LogP contribution is -2.30. The summed E-state index contributed by atoms with van der Waals surface area (Å²) >= 11 is 7.20. The molecular weight excluding hydrogens is 472 g/mol. The molecule has 1 amide bonds. The molecule has 7 nitrogen and oxygen atoms in total. The van der Waals surface area contributed by atoms with Crippen LogP contribution in [-0.4, -0.2) is 51.1 Å². The fraction of sp³-hybridized carbons (Fsp3) is 0.455. The number of ether oxygens (including phenoxy) is 1. The molecule has 0 aliphatic carbocycles. The second-order valence-electron chi connectivity index (χ2n) is 7.65. The van der Waals surface area contributed by atoms with E-state index in [9.17, 15) is 18.0 Å². The number of methoxy groups -OCH3 is 1. The van der Waals surface area contributed by atoms with E-state index in [1.54, 1.807) is 0 Å². The van der Waals surface area contributed by atoms with Crippen molar-refractivity contribution in [2.45, 2.75) is 44.0 Å². The van der Waals surface area contributed by atoms with E-state index in [0.717, 1.165) is 42.9 Å². The SMILES string of the molecule is CCCN1CCc2c(sc(NC(=O)CCCS(=O)(=O)c3ccc(Cl)cc3)c2C(=O)OC)C1. The lowest BCUT2D eigenvalue weighted by molar-refractivity contribution is -0.116. The molecule has 0 unspecified atom stereocenters. The van der Waals surface area contributed by atoms with Gasteiger partial charge in [0.15, 0.2) is 9.84 Å². The molecule has 1 N–H and O–H groups in total. The van der Waals surface area contributed by atoms with Crippen LogP contribution in [0, 0.1) is 0 Å². The minimum atomic E-state index is -3.50. The molecule has 0 bridgehead atoms. The summed E-state index contributed by atoms with van der Waals surface area (Å²) in [7, 11) is -2.18. The van der Waals surface area contributed by atoms with E-state index in [4.69, 9.17) is 16.3 Å². The first kappa shape index (κ1) is 24.7. The number of thiophene rings is 1. The Morgan fingerprint density at radius 1 is 1.25 bits per heavy atom. The minimum Gasteiger partial charge on any atom is -0.465 e. The number of nitrogens with zero attached hydrogens (tertiary/aromatic N) is 1. The van der Waals surface area contributed by atoms with Crippen LogP contribution in [0.1, 0.15) is 47.0 Å². The van der Waals surface area contributed by atoms with Crippen molar-refractivity contribution in [3.05, 3.63) is 45.3 Å². The largest absolute Gasteiger partial charge is 0.465 e. The lowest BCUT2D eigenvalue weighted by atomic mass is 10.0. The summed E-state index contributed by atoms with van der Waals surface area (Å²) in [5, 5.41) is 3.75. The van der Waals surface area contributed by atoms with Gasteiger partial charge in [-0.2, -0.15) is 0 Å². The number of nitrogens with one attached hydrogen (secondary N) is 1. The Kier molecular flexibility index (Phi) is 8.32. The zero-order valence-electron chi connectivity index (χ0n) is 18.1. The van der Waals surface area contributed by atoms with Gasteiger partial charge in [-0.3, -0.25) is 9.69 Å². The molecule has 2 aromatic rings. The molecule has 0 fully saturated rings. The normalized spacial score (nSPS) is 14.1. The number of benzene rings is 1. The minimum absolute atomic E-state index is 0.0258. The summed E-state index contributed by atoms with van der Waals surface area (Å²) in [6.07, 6.45) is 1.97. The molecule has 2 heterocycles. The number of hydrogen-bond donors (Lipinski definition) is 1. The van der Waals surface area contributed by atoms with Crippen molar-refractivity contribution in [2.24, 2.45) is 0 Å². The van der Waals surface area contributed by atoms with Gasteiger partial charge in [0.1, 0.15) is 5.00 Å². The Labute approximate surface area is 197 Å². The number of carbonyl (C=O) groups is 2. The van der Waals surface area contributed by atoms with Gasteiger partial charge in [-0.15, -0.1) is 11.3 Å². The number of carbonyl (C=O) groups excluding carboxylic acids is 2. The van der Waals surface area contributed by atoms with E-state index in [1.807, 2.05) is 0 Å². The van der Waals surface area contributed by atoms with Crippen LogP contribution in [0.4, 0.5) is 5.00 Å². The number of halogens is 1. The maximum Gasteiger partial charge on any atom is 0.341 e. The predicted octanol–water partition coefficient (Wildman–Crippen LogP) is 4.15. The number of fused-ring (bicyclic) bond motifs is 1. The summed E-state index contributed by atoms with van der Waals surface area (Å²) in [5.41, 5.74) is 1.36. The Morgan fingerprint density at radius 3 is 2.62 bits per heavy atom. The van der Waals surface area contributed by atoms with E-state index < -0.39 is 15.8 Å². The maximum atomic E-state index is 12.5. The zero-order chi connectivity index (χ0) is 23.3. The van der Waals surface area contributed by atoms with Gasteiger partial charge >= 0.3 is 5.97 Å². The zero-order valence-corrected chi connectivity index (χ0v) is 20.5. The molecule has 3 rings (SSSR count). The van der Waals surface area contributed by atoms with Crippen molar-refractivity contribution in [3.63, 3.8) is 0 Å². The molecule has 1 aromatic carbocycles. The average molecular weight is 499 g/mol. The quantitative estimate of drug-likeness (QED) is 0.522. The third kappa shape index (κ3) is 5.89. The van der Waals surface area contributed by atoms with Gasteiger partial charge in [0, 0.05) is 29.4 Å². The summed E-state index contributed by atoms with van der Waals surface area (Å²) in [4.78, 5) is 28.5. The highest BCUT2D eigenvalue weighted by Gasteiger charge is 2.29. The highest BCUT2D eigenvalue weighted by atomic mass is 35.5. The molecule has 10 heteroatoms. The van der Waals surface area contributed by atoms with Crippen molar-refractivity contribution >= 4 is 49.7 Å². The predicted molar refractivity (Wildman–Crippen MR) is 126 cm³/mol. The topological polar surface area (TPSA) is 92.8 Å². The maximum absolute atomic E-state index is 12.5.